The van der Waals surface area contributed by atoms with Crippen molar-refractivity contribution in [2.24, 2.45) is 4.99 Å². The fraction of sp³-hybridized carbons (Fsp3) is 0. The normalized spacial score (nSPS) is 16.0. The fourth-order valence-electron chi connectivity index (χ4n) is 1.89. The molecule has 0 unspecified atom stereocenters. The lowest BCUT2D eigenvalue weighted by Crippen LogP contribution is -2.05. The van der Waals surface area contributed by atoms with Gasteiger partial charge in [0.25, 0.3) is 0 Å². The molecular formula is C16H9F2NO2. The molecule has 0 bridgehead atoms. The van der Waals surface area contributed by atoms with Crippen LogP contribution >= 0.6 is 0 Å². The first-order valence-corrected chi connectivity index (χ1v) is 6.16. The van der Waals surface area contributed by atoms with E-state index in [1.165, 1.54) is 36.4 Å². The Bertz CT molecular complexity index is 781. The van der Waals surface area contributed by atoms with Gasteiger partial charge in [0.05, 0.1) is 0 Å². The quantitative estimate of drug-likeness (QED) is 0.627. The van der Waals surface area contributed by atoms with Crippen molar-refractivity contribution in [1.82, 2.24) is 0 Å². The first-order valence-electron chi connectivity index (χ1n) is 6.16. The summed E-state index contributed by atoms with van der Waals surface area (Å²) in [5, 5.41) is 0. The summed E-state index contributed by atoms with van der Waals surface area (Å²) >= 11 is 0. The highest BCUT2D eigenvalue weighted by atomic mass is 19.1. The Morgan fingerprint density at radius 3 is 2.62 bits per heavy atom. The molecule has 0 atom stereocenters. The number of esters is 1. The number of carbonyl (C=O) groups is 1. The van der Waals surface area contributed by atoms with Crippen LogP contribution in [0.15, 0.2) is 59.2 Å². The van der Waals surface area contributed by atoms with Crippen LogP contribution in [0.3, 0.4) is 0 Å². The van der Waals surface area contributed by atoms with E-state index >= 15 is 0 Å². The number of ether oxygens (including phenoxy) is 1. The van der Waals surface area contributed by atoms with Crippen LogP contribution in [0.4, 0.5) is 8.78 Å². The lowest BCUT2D eigenvalue weighted by molar-refractivity contribution is -0.129. The number of hydrogen-bond acceptors (Lipinski definition) is 3. The van der Waals surface area contributed by atoms with Gasteiger partial charge in [-0.05, 0) is 30.3 Å². The maximum atomic E-state index is 13.5. The van der Waals surface area contributed by atoms with Crippen molar-refractivity contribution < 1.29 is 18.3 Å². The van der Waals surface area contributed by atoms with E-state index in [9.17, 15) is 13.6 Å². The van der Waals surface area contributed by atoms with E-state index in [0.717, 1.165) is 0 Å². The average Bonchev–Trinajstić information content (AvgIpc) is 2.83. The Hall–Kier alpha value is -2.82. The molecule has 2 aromatic carbocycles. The second kappa shape index (κ2) is 5.28. The number of rotatable bonds is 2. The largest absolute Gasteiger partial charge is 0.402 e. The van der Waals surface area contributed by atoms with Crippen LogP contribution in [-0.2, 0) is 9.53 Å². The van der Waals surface area contributed by atoms with Gasteiger partial charge in [-0.2, -0.15) is 0 Å². The lowest BCUT2D eigenvalue weighted by atomic mass is 10.2. The maximum absolute atomic E-state index is 13.5. The molecule has 21 heavy (non-hydrogen) atoms. The zero-order valence-electron chi connectivity index (χ0n) is 10.7. The molecule has 3 rings (SSSR count). The van der Waals surface area contributed by atoms with Gasteiger partial charge in [0.2, 0.25) is 5.90 Å². The molecule has 1 heterocycles. The molecule has 0 fully saturated rings. The van der Waals surface area contributed by atoms with Crippen LogP contribution in [0.2, 0.25) is 0 Å². The molecule has 1 aliphatic rings. The van der Waals surface area contributed by atoms with Gasteiger partial charge < -0.3 is 4.74 Å². The minimum Gasteiger partial charge on any atom is -0.402 e. The van der Waals surface area contributed by atoms with E-state index in [2.05, 4.69) is 4.99 Å². The van der Waals surface area contributed by atoms with E-state index in [0.29, 0.717) is 5.56 Å². The van der Waals surface area contributed by atoms with E-state index in [-0.39, 0.29) is 17.2 Å². The van der Waals surface area contributed by atoms with Crippen molar-refractivity contribution in [1.29, 1.82) is 0 Å². The monoisotopic (exact) mass is 285 g/mol. The summed E-state index contributed by atoms with van der Waals surface area (Å²) in [6, 6.07) is 11.5. The molecule has 0 N–H and O–H groups in total. The SMILES string of the molecule is O=C1OC(c2cccc(F)c2)=N/C1=C/c1ccccc1F. The molecule has 0 amide bonds. The van der Waals surface area contributed by atoms with Crippen LogP contribution in [0.5, 0.6) is 0 Å². The number of aliphatic imine (C=N–C) groups is 1. The van der Waals surface area contributed by atoms with Crippen LogP contribution in [0.25, 0.3) is 6.08 Å². The molecule has 0 radical (unpaired) electrons. The molecule has 3 nitrogen and oxygen atoms in total. The number of halogens is 2. The highest BCUT2D eigenvalue weighted by molar-refractivity contribution is 6.12. The Morgan fingerprint density at radius 1 is 1.05 bits per heavy atom. The summed E-state index contributed by atoms with van der Waals surface area (Å²) in [5.74, 6) is -1.62. The summed E-state index contributed by atoms with van der Waals surface area (Å²) in [4.78, 5) is 15.7. The molecule has 0 saturated carbocycles. The first-order chi connectivity index (χ1) is 10.1. The Labute approximate surface area is 119 Å². The van der Waals surface area contributed by atoms with Gasteiger partial charge in [-0.15, -0.1) is 0 Å². The van der Waals surface area contributed by atoms with Crippen LogP contribution < -0.4 is 0 Å². The minimum atomic E-state index is -0.697. The zero-order chi connectivity index (χ0) is 14.8. The van der Waals surface area contributed by atoms with Crippen LogP contribution in [0.1, 0.15) is 11.1 Å². The van der Waals surface area contributed by atoms with Crippen molar-refractivity contribution in [3.05, 3.63) is 77.0 Å². The fourth-order valence-corrected chi connectivity index (χ4v) is 1.89. The summed E-state index contributed by atoms with van der Waals surface area (Å²) < 4.78 is 31.7. The number of nitrogens with zero attached hydrogens (tertiary/aromatic N) is 1. The molecule has 104 valence electrons. The van der Waals surface area contributed by atoms with Crippen molar-refractivity contribution in [2.75, 3.05) is 0 Å². The van der Waals surface area contributed by atoms with Gasteiger partial charge in [0.15, 0.2) is 5.70 Å². The lowest BCUT2D eigenvalue weighted by Gasteiger charge is -1.98. The van der Waals surface area contributed by atoms with Gasteiger partial charge >= 0.3 is 5.97 Å². The van der Waals surface area contributed by atoms with Gasteiger partial charge in [0, 0.05) is 11.1 Å². The minimum absolute atomic E-state index is 0.00193. The average molecular weight is 285 g/mol. The zero-order valence-corrected chi connectivity index (χ0v) is 10.7. The van der Waals surface area contributed by atoms with Crippen molar-refractivity contribution >= 4 is 17.9 Å². The van der Waals surface area contributed by atoms with Crippen LogP contribution in [-0.4, -0.2) is 11.9 Å². The molecule has 1 aliphatic heterocycles. The number of carbonyl (C=O) groups excluding carboxylic acids is 1. The van der Waals surface area contributed by atoms with E-state index < -0.39 is 17.6 Å². The number of cyclic esters (lactones) is 1. The predicted molar refractivity (Wildman–Crippen MR) is 73.4 cm³/mol. The van der Waals surface area contributed by atoms with E-state index in [4.69, 9.17) is 4.74 Å². The predicted octanol–water partition coefficient (Wildman–Crippen LogP) is 3.31. The molecule has 5 heteroatoms. The Morgan fingerprint density at radius 2 is 1.86 bits per heavy atom. The van der Waals surface area contributed by atoms with Gasteiger partial charge in [-0.3, -0.25) is 0 Å². The number of benzene rings is 2. The second-order valence-corrected chi connectivity index (χ2v) is 4.37. The third kappa shape index (κ3) is 2.72. The molecule has 0 aromatic heterocycles. The summed E-state index contributed by atoms with van der Waals surface area (Å²) in [6.45, 7) is 0. The highest BCUT2D eigenvalue weighted by Crippen LogP contribution is 2.20. The standard InChI is InChI=1S/C16H9F2NO2/c17-12-6-3-5-11(8-12)15-19-14(16(20)21-15)9-10-4-1-2-7-13(10)18/h1-9H/b14-9+. The first kappa shape index (κ1) is 13.2. The van der Waals surface area contributed by atoms with Gasteiger partial charge in [-0.1, -0.05) is 24.3 Å². The van der Waals surface area contributed by atoms with E-state index in [1.807, 2.05) is 0 Å². The molecule has 0 aliphatic carbocycles. The van der Waals surface area contributed by atoms with Crippen molar-refractivity contribution in [2.45, 2.75) is 0 Å². The second-order valence-electron chi connectivity index (χ2n) is 4.37. The van der Waals surface area contributed by atoms with Crippen molar-refractivity contribution in [3.63, 3.8) is 0 Å². The Balaban J connectivity index is 1.98. The van der Waals surface area contributed by atoms with E-state index in [1.54, 1.807) is 18.2 Å². The Kier molecular flexibility index (Phi) is 3.31. The highest BCUT2D eigenvalue weighted by Gasteiger charge is 2.24. The number of hydrogen-bond donors (Lipinski definition) is 0. The smallest absolute Gasteiger partial charge is 0.363 e. The summed E-state index contributed by atoms with van der Waals surface area (Å²) in [7, 11) is 0. The molecule has 0 saturated heterocycles. The topological polar surface area (TPSA) is 38.7 Å². The molecule has 0 spiro atoms. The molecule has 2 aromatic rings. The summed E-state index contributed by atoms with van der Waals surface area (Å²) in [5.41, 5.74) is 0.549. The summed E-state index contributed by atoms with van der Waals surface area (Å²) in [6.07, 6.45) is 1.30. The van der Waals surface area contributed by atoms with Crippen LogP contribution in [0, 0.1) is 11.6 Å². The third-order valence-corrected chi connectivity index (χ3v) is 2.89. The molecular weight excluding hydrogens is 276 g/mol. The van der Waals surface area contributed by atoms with Crippen molar-refractivity contribution in [3.8, 4) is 0 Å². The third-order valence-electron chi connectivity index (χ3n) is 2.89. The maximum Gasteiger partial charge on any atom is 0.363 e. The van der Waals surface area contributed by atoms with Gasteiger partial charge in [0.1, 0.15) is 11.6 Å². The van der Waals surface area contributed by atoms with Gasteiger partial charge in [-0.25, -0.2) is 18.6 Å².